The fraction of sp³-hybridized carbons (Fsp3) is 0.0455. The number of ketones is 1. The zero-order chi connectivity index (χ0) is 19.5. The summed E-state index contributed by atoms with van der Waals surface area (Å²) in [7, 11) is 0. The first-order valence-electron chi connectivity index (χ1n) is 8.75. The Morgan fingerprint density at radius 1 is 0.964 bits per heavy atom. The predicted octanol–water partition coefficient (Wildman–Crippen LogP) is 4.95. The van der Waals surface area contributed by atoms with Gasteiger partial charge in [-0.3, -0.25) is 4.79 Å². The smallest absolute Gasteiger partial charge is 0.248 e. The molecule has 0 atom stereocenters. The summed E-state index contributed by atoms with van der Waals surface area (Å²) in [6.45, 7) is 1.52. The minimum atomic E-state index is -0.0142. The van der Waals surface area contributed by atoms with Gasteiger partial charge in [0, 0.05) is 11.3 Å². The SMILES string of the molecule is CC(=O)c1cccc(Nc2ncnc(Oc3ccc4ccccc4c3)c2N)c1. The summed E-state index contributed by atoms with van der Waals surface area (Å²) in [4.78, 5) is 19.9. The third-order valence-electron chi connectivity index (χ3n) is 4.31. The van der Waals surface area contributed by atoms with Crippen LogP contribution in [0.3, 0.4) is 0 Å². The van der Waals surface area contributed by atoms with Gasteiger partial charge < -0.3 is 15.8 Å². The van der Waals surface area contributed by atoms with E-state index in [1.165, 1.54) is 13.3 Å². The molecule has 1 aromatic heterocycles. The average molecular weight is 370 g/mol. The molecule has 6 heteroatoms. The second kappa shape index (κ2) is 7.36. The standard InChI is InChI=1S/C22H18N4O2/c1-14(27)16-7-4-8-18(11-16)26-21-20(23)22(25-13-24-21)28-19-10-9-15-5-2-3-6-17(15)12-19/h2-13H,23H2,1H3,(H,24,25,26). The van der Waals surface area contributed by atoms with Crippen LogP contribution in [0.2, 0.25) is 0 Å². The Hall–Kier alpha value is -3.93. The molecule has 28 heavy (non-hydrogen) atoms. The third kappa shape index (κ3) is 3.61. The molecule has 3 N–H and O–H groups in total. The predicted molar refractivity (Wildman–Crippen MR) is 110 cm³/mol. The van der Waals surface area contributed by atoms with Gasteiger partial charge in [0.15, 0.2) is 11.6 Å². The minimum Gasteiger partial charge on any atom is -0.437 e. The van der Waals surface area contributed by atoms with Crippen molar-refractivity contribution in [3.05, 3.63) is 78.6 Å². The number of hydrogen-bond donors (Lipinski definition) is 2. The number of nitrogens with zero attached hydrogens (tertiary/aromatic N) is 2. The number of hydrogen-bond acceptors (Lipinski definition) is 6. The molecule has 0 aliphatic heterocycles. The topological polar surface area (TPSA) is 90.1 Å². The van der Waals surface area contributed by atoms with Crippen molar-refractivity contribution in [1.82, 2.24) is 9.97 Å². The second-order valence-corrected chi connectivity index (χ2v) is 6.31. The van der Waals surface area contributed by atoms with Crippen LogP contribution in [0.15, 0.2) is 73.1 Å². The molecule has 0 bridgehead atoms. The van der Waals surface area contributed by atoms with E-state index in [1.807, 2.05) is 48.5 Å². The lowest BCUT2D eigenvalue weighted by molar-refractivity contribution is 0.101. The first kappa shape index (κ1) is 17.5. The average Bonchev–Trinajstić information content (AvgIpc) is 2.71. The highest BCUT2D eigenvalue weighted by molar-refractivity contribution is 5.95. The van der Waals surface area contributed by atoms with Gasteiger partial charge in [-0.1, -0.05) is 42.5 Å². The van der Waals surface area contributed by atoms with Crippen LogP contribution >= 0.6 is 0 Å². The van der Waals surface area contributed by atoms with Gasteiger partial charge in [-0.25, -0.2) is 4.98 Å². The summed E-state index contributed by atoms with van der Waals surface area (Å²) in [6.07, 6.45) is 1.38. The fourth-order valence-electron chi connectivity index (χ4n) is 2.86. The van der Waals surface area contributed by atoms with Gasteiger partial charge in [-0.2, -0.15) is 4.98 Å². The second-order valence-electron chi connectivity index (χ2n) is 6.31. The van der Waals surface area contributed by atoms with Crippen molar-refractivity contribution in [3.8, 4) is 11.6 Å². The highest BCUT2D eigenvalue weighted by atomic mass is 16.5. The van der Waals surface area contributed by atoms with Gasteiger partial charge in [0.25, 0.3) is 0 Å². The first-order chi connectivity index (χ1) is 13.6. The van der Waals surface area contributed by atoms with Crippen molar-refractivity contribution in [3.63, 3.8) is 0 Å². The number of rotatable bonds is 5. The highest BCUT2D eigenvalue weighted by Gasteiger charge is 2.11. The van der Waals surface area contributed by atoms with E-state index in [2.05, 4.69) is 15.3 Å². The Labute approximate surface area is 162 Å². The fourth-order valence-corrected chi connectivity index (χ4v) is 2.86. The number of anilines is 3. The van der Waals surface area contributed by atoms with Crippen molar-refractivity contribution in [2.75, 3.05) is 11.1 Å². The van der Waals surface area contributed by atoms with Crippen LogP contribution in [-0.2, 0) is 0 Å². The number of aromatic nitrogens is 2. The van der Waals surface area contributed by atoms with E-state index >= 15 is 0 Å². The molecule has 1 heterocycles. The van der Waals surface area contributed by atoms with Crippen LogP contribution in [0.5, 0.6) is 11.6 Å². The molecule has 0 amide bonds. The summed E-state index contributed by atoms with van der Waals surface area (Å²) in [5.74, 6) is 1.29. The van der Waals surface area contributed by atoms with Gasteiger partial charge in [-0.05, 0) is 42.0 Å². The van der Waals surface area contributed by atoms with E-state index in [0.29, 0.717) is 22.8 Å². The van der Waals surface area contributed by atoms with Gasteiger partial charge in [0.05, 0.1) is 0 Å². The van der Waals surface area contributed by atoms with Gasteiger partial charge in [0.1, 0.15) is 17.8 Å². The summed E-state index contributed by atoms with van der Waals surface area (Å²) < 4.78 is 5.89. The number of fused-ring (bicyclic) bond motifs is 1. The molecule has 3 aromatic carbocycles. The summed E-state index contributed by atoms with van der Waals surface area (Å²) in [5.41, 5.74) is 7.80. The number of nitrogens with two attached hydrogens (primary N) is 1. The lowest BCUT2D eigenvalue weighted by Gasteiger charge is -2.12. The quantitative estimate of drug-likeness (QED) is 0.483. The zero-order valence-electron chi connectivity index (χ0n) is 15.2. The van der Waals surface area contributed by atoms with Crippen molar-refractivity contribution in [2.24, 2.45) is 0 Å². The highest BCUT2D eigenvalue weighted by Crippen LogP contribution is 2.32. The molecule has 0 fully saturated rings. The number of Topliss-reactive ketones (excluding diaryl/α,β-unsaturated/α-hetero) is 1. The van der Waals surface area contributed by atoms with Crippen LogP contribution in [-0.4, -0.2) is 15.8 Å². The molecule has 0 aliphatic rings. The van der Waals surface area contributed by atoms with Gasteiger partial charge in [-0.15, -0.1) is 0 Å². The molecule has 6 nitrogen and oxygen atoms in total. The van der Waals surface area contributed by atoms with E-state index in [0.717, 1.165) is 10.8 Å². The van der Waals surface area contributed by atoms with Crippen molar-refractivity contribution < 1.29 is 9.53 Å². The molecular weight excluding hydrogens is 352 g/mol. The molecule has 4 rings (SSSR count). The van der Waals surface area contributed by atoms with Crippen LogP contribution in [0.4, 0.5) is 17.2 Å². The molecule has 0 spiro atoms. The number of benzene rings is 3. The molecule has 0 aliphatic carbocycles. The Bertz CT molecular complexity index is 1170. The van der Waals surface area contributed by atoms with E-state index in [1.54, 1.807) is 18.2 Å². The number of nitrogen functional groups attached to an aromatic ring is 1. The zero-order valence-corrected chi connectivity index (χ0v) is 15.2. The van der Waals surface area contributed by atoms with E-state index in [4.69, 9.17) is 10.5 Å². The number of carbonyl (C=O) groups is 1. The monoisotopic (exact) mass is 370 g/mol. The largest absolute Gasteiger partial charge is 0.437 e. The molecule has 0 radical (unpaired) electrons. The van der Waals surface area contributed by atoms with Crippen LogP contribution < -0.4 is 15.8 Å². The Morgan fingerprint density at radius 3 is 2.61 bits per heavy atom. The van der Waals surface area contributed by atoms with Crippen molar-refractivity contribution >= 4 is 33.7 Å². The summed E-state index contributed by atoms with van der Waals surface area (Å²) in [6, 6.07) is 20.9. The van der Waals surface area contributed by atoms with Crippen molar-refractivity contribution in [1.29, 1.82) is 0 Å². The third-order valence-corrected chi connectivity index (χ3v) is 4.31. The maximum absolute atomic E-state index is 11.6. The minimum absolute atomic E-state index is 0.0142. The van der Waals surface area contributed by atoms with Gasteiger partial charge >= 0.3 is 0 Å². The molecule has 138 valence electrons. The molecular formula is C22H18N4O2. The molecule has 4 aromatic rings. The van der Waals surface area contributed by atoms with Crippen LogP contribution in [0.25, 0.3) is 10.8 Å². The number of ether oxygens (including phenoxy) is 1. The van der Waals surface area contributed by atoms with E-state index < -0.39 is 0 Å². The maximum Gasteiger partial charge on any atom is 0.248 e. The van der Waals surface area contributed by atoms with E-state index in [-0.39, 0.29) is 17.4 Å². The Balaban J connectivity index is 1.61. The molecule has 0 saturated carbocycles. The van der Waals surface area contributed by atoms with Gasteiger partial charge in [0.2, 0.25) is 5.88 Å². The van der Waals surface area contributed by atoms with Crippen molar-refractivity contribution in [2.45, 2.75) is 6.92 Å². The molecule has 0 unspecified atom stereocenters. The Morgan fingerprint density at radius 2 is 1.79 bits per heavy atom. The van der Waals surface area contributed by atoms with Crippen LogP contribution in [0.1, 0.15) is 17.3 Å². The first-order valence-corrected chi connectivity index (χ1v) is 8.75. The Kier molecular flexibility index (Phi) is 4.60. The normalized spacial score (nSPS) is 10.6. The number of carbonyl (C=O) groups excluding carboxylic acids is 1. The summed E-state index contributed by atoms with van der Waals surface area (Å²) >= 11 is 0. The lowest BCUT2D eigenvalue weighted by Crippen LogP contribution is -2.03. The van der Waals surface area contributed by atoms with Crippen LogP contribution in [0, 0.1) is 0 Å². The lowest BCUT2D eigenvalue weighted by atomic mass is 10.1. The van der Waals surface area contributed by atoms with E-state index in [9.17, 15) is 4.79 Å². The molecule has 0 saturated heterocycles. The maximum atomic E-state index is 11.6. The summed E-state index contributed by atoms with van der Waals surface area (Å²) in [5, 5.41) is 5.30. The number of nitrogens with one attached hydrogen (secondary N) is 1.